The highest BCUT2D eigenvalue weighted by Gasteiger charge is 2.31. The molecular formula is C13H25N3O2. The van der Waals surface area contributed by atoms with Gasteiger partial charge in [-0.1, -0.05) is 13.8 Å². The van der Waals surface area contributed by atoms with Gasteiger partial charge in [-0.15, -0.1) is 0 Å². The number of nitrogens with two attached hydrogens (primary N) is 1. The van der Waals surface area contributed by atoms with Crippen molar-refractivity contribution in [3.05, 3.63) is 0 Å². The topological polar surface area (TPSA) is 84.2 Å². The number of hydrogen-bond donors (Lipinski definition) is 3. The van der Waals surface area contributed by atoms with Crippen molar-refractivity contribution in [3.63, 3.8) is 0 Å². The molecule has 1 fully saturated rings. The van der Waals surface area contributed by atoms with E-state index in [4.69, 9.17) is 5.73 Å². The monoisotopic (exact) mass is 255 g/mol. The van der Waals surface area contributed by atoms with E-state index >= 15 is 0 Å². The summed E-state index contributed by atoms with van der Waals surface area (Å²) in [6, 6.07) is 0.0741. The smallest absolute Gasteiger partial charge is 0.239 e. The Morgan fingerprint density at radius 3 is 2.44 bits per heavy atom. The third kappa shape index (κ3) is 6.00. The maximum Gasteiger partial charge on any atom is 0.239 e. The van der Waals surface area contributed by atoms with Gasteiger partial charge in [-0.25, -0.2) is 0 Å². The predicted molar refractivity (Wildman–Crippen MR) is 70.8 cm³/mol. The van der Waals surface area contributed by atoms with E-state index in [1.54, 1.807) is 0 Å². The molecule has 1 unspecified atom stereocenters. The molecule has 0 saturated heterocycles. The first-order valence-electron chi connectivity index (χ1n) is 6.79. The zero-order valence-corrected chi connectivity index (χ0v) is 11.4. The fourth-order valence-corrected chi connectivity index (χ4v) is 1.81. The molecule has 0 radical (unpaired) electrons. The van der Waals surface area contributed by atoms with Crippen LogP contribution in [0.4, 0.5) is 0 Å². The fraction of sp³-hybridized carbons (Fsp3) is 0.846. The summed E-state index contributed by atoms with van der Waals surface area (Å²) in [6.45, 7) is 4.67. The number of carbonyl (C=O) groups is 2. The standard InChI is InChI=1S/C13H25N3O2/c1-9(2)3-6-12(17)15-8-13(18)16-11(7-14)10-4-5-10/h9-11H,3-8,14H2,1-2H3,(H,15,17)(H,16,18). The molecule has 0 aliphatic heterocycles. The van der Waals surface area contributed by atoms with Crippen molar-refractivity contribution >= 4 is 11.8 Å². The Labute approximate surface area is 109 Å². The highest BCUT2D eigenvalue weighted by atomic mass is 16.2. The van der Waals surface area contributed by atoms with Gasteiger partial charge in [0.05, 0.1) is 6.54 Å². The van der Waals surface area contributed by atoms with E-state index in [9.17, 15) is 9.59 Å². The molecule has 1 rings (SSSR count). The summed E-state index contributed by atoms with van der Waals surface area (Å²) in [4.78, 5) is 23.0. The summed E-state index contributed by atoms with van der Waals surface area (Å²) >= 11 is 0. The summed E-state index contributed by atoms with van der Waals surface area (Å²) in [6.07, 6.45) is 3.61. The molecule has 2 amide bonds. The van der Waals surface area contributed by atoms with E-state index in [1.807, 2.05) is 0 Å². The van der Waals surface area contributed by atoms with E-state index in [-0.39, 0.29) is 24.4 Å². The molecule has 0 aromatic carbocycles. The van der Waals surface area contributed by atoms with Gasteiger partial charge in [0, 0.05) is 19.0 Å². The predicted octanol–water partition coefficient (Wildman–Crippen LogP) is 0.392. The number of nitrogens with one attached hydrogen (secondary N) is 2. The van der Waals surface area contributed by atoms with Gasteiger partial charge in [-0.3, -0.25) is 9.59 Å². The number of amides is 2. The van der Waals surface area contributed by atoms with Crippen LogP contribution in [0.3, 0.4) is 0 Å². The van der Waals surface area contributed by atoms with Crippen LogP contribution in [0.25, 0.3) is 0 Å². The van der Waals surface area contributed by atoms with Gasteiger partial charge in [0.2, 0.25) is 11.8 Å². The Bertz CT molecular complexity index is 288. The number of rotatable bonds is 8. The molecule has 1 aliphatic rings. The average molecular weight is 255 g/mol. The van der Waals surface area contributed by atoms with Crippen molar-refractivity contribution in [1.29, 1.82) is 0 Å². The number of hydrogen-bond acceptors (Lipinski definition) is 3. The van der Waals surface area contributed by atoms with Crippen LogP contribution in [-0.2, 0) is 9.59 Å². The van der Waals surface area contributed by atoms with Crippen LogP contribution in [0.15, 0.2) is 0 Å². The Kier molecular flexibility index (Phi) is 6.12. The third-order valence-corrected chi connectivity index (χ3v) is 3.19. The van der Waals surface area contributed by atoms with Crippen molar-refractivity contribution in [3.8, 4) is 0 Å². The molecule has 0 heterocycles. The van der Waals surface area contributed by atoms with Crippen LogP contribution in [0.5, 0.6) is 0 Å². The maximum atomic E-state index is 11.6. The number of carbonyl (C=O) groups excluding carboxylic acids is 2. The van der Waals surface area contributed by atoms with Crippen molar-refractivity contribution < 1.29 is 9.59 Å². The van der Waals surface area contributed by atoms with Crippen LogP contribution in [0.1, 0.15) is 39.5 Å². The Balaban J connectivity index is 2.13. The first kappa shape index (κ1) is 15.0. The molecule has 0 aromatic rings. The van der Waals surface area contributed by atoms with Gasteiger partial charge >= 0.3 is 0 Å². The molecule has 4 N–H and O–H groups in total. The molecular weight excluding hydrogens is 230 g/mol. The molecule has 1 saturated carbocycles. The largest absolute Gasteiger partial charge is 0.350 e. The minimum absolute atomic E-state index is 0.0557. The van der Waals surface area contributed by atoms with Gasteiger partial charge in [0.1, 0.15) is 0 Å². The summed E-state index contributed by atoms with van der Waals surface area (Å²) < 4.78 is 0. The minimum Gasteiger partial charge on any atom is -0.350 e. The molecule has 1 atom stereocenters. The maximum absolute atomic E-state index is 11.6. The van der Waals surface area contributed by atoms with Crippen LogP contribution in [0.2, 0.25) is 0 Å². The molecule has 5 heteroatoms. The Hall–Kier alpha value is -1.10. The first-order valence-corrected chi connectivity index (χ1v) is 6.79. The lowest BCUT2D eigenvalue weighted by Crippen LogP contribution is -2.46. The SMILES string of the molecule is CC(C)CCC(=O)NCC(=O)NC(CN)C1CC1. The van der Waals surface area contributed by atoms with E-state index in [0.717, 1.165) is 19.3 Å². The zero-order chi connectivity index (χ0) is 13.5. The lowest BCUT2D eigenvalue weighted by Gasteiger charge is -2.16. The normalized spacial score (nSPS) is 16.4. The van der Waals surface area contributed by atoms with E-state index < -0.39 is 0 Å². The highest BCUT2D eigenvalue weighted by Crippen LogP contribution is 2.32. The molecule has 0 aromatic heterocycles. The quantitative estimate of drug-likeness (QED) is 0.586. The molecule has 0 spiro atoms. The highest BCUT2D eigenvalue weighted by molar-refractivity contribution is 5.84. The third-order valence-electron chi connectivity index (χ3n) is 3.19. The summed E-state index contributed by atoms with van der Waals surface area (Å²) in [5, 5.41) is 5.50. The van der Waals surface area contributed by atoms with E-state index in [2.05, 4.69) is 24.5 Å². The lowest BCUT2D eigenvalue weighted by atomic mass is 10.1. The second kappa shape index (κ2) is 7.36. The van der Waals surface area contributed by atoms with Gasteiger partial charge in [0.25, 0.3) is 0 Å². The van der Waals surface area contributed by atoms with Crippen LogP contribution >= 0.6 is 0 Å². The Morgan fingerprint density at radius 2 is 1.94 bits per heavy atom. The molecule has 18 heavy (non-hydrogen) atoms. The molecule has 104 valence electrons. The zero-order valence-electron chi connectivity index (χ0n) is 11.4. The van der Waals surface area contributed by atoms with Gasteiger partial charge in [-0.2, -0.15) is 0 Å². The van der Waals surface area contributed by atoms with Crippen molar-refractivity contribution in [2.45, 2.75) is 45.6 Å². The fourth-order valence-electron chi connectivity index (χ4n) is 1.81. The summed E-state index contributed by atoms with van der Waals surface area (Å²) in [5.41, 5.74) is 5.60. The second-order valence-corrected chi connectivity index (χ2v) is 5.46. The van der Waals surface area contributed by atoms with E-state index in [1.165, 1.54) is 0 Å². The average Bonchev–Trinajstić information content (AvgIpc) is 3.14. The van der Waals surface area contributed by atoms with Crippen molar-refractivity contribution in [2.24, 2.45) is 17.6 Å². The van der Waals surface area contributed by atoms with Gasteiger partial charge in [-0.05, 0) is 31.1 Å². The van der Waals surface area contributed by atoms with Crippen LogP contribution in [0, 0.1) is 11.8 Å². The van der Waals surface area contributed by atoms with Crippen LogP contribution < -0.4 is 16.4 Å². The molecule has 5 nitrogen and oxygen atoms in total. The molecule has 1 aliphatic carbocycles. The van der Waals surface area contributed by atoms with E-state index in [0.29, 0.717) is 24.8 Å². The van der Waals surface area contributed by atoms with Crippen molar-refractivity contribution in [2.75, 3.05) is 13.1 Å². The Morgan fingerprint density at radius 1 is 1.28 bits per heavy atom. The molecule has 0 bridgehead atoms. The summed E-state index contributed by atoms with van der Waals surface area (Å²) in [5.74, 6) is 0.835. The first-order chi connectivity index (χ1) is 8.52. The van der Waals surface area contributed by atoms with Gasteiger partial charge < -0.3 is 16.4 Å². The van der Waals surface area contributed by atoms with Crippen LogP contribution in [-0.4, -0.2) is 30.9 Å². The lowest BCUT2D eigenvalue weighted by molar-refractivity contribution is -0.126. The van der Waals surface area contributed by atoms with Gasteiger partial charge in [0.15, 0.2) is 0 Å². The minimum atomic E-state index is -0.143. The summed E-state index contributed by atoms with van der Waals surface area (Å²) in [7, 11) is 0. The van der Waals surface area contributed by atoms with Crippen molar-refractivity contribution in [1.82, 2.24) is 10.6 Å². The second-order valence-electron chi connectivity index (χ2n) is 5.46.